The number of para-hydroxylation sites is 1. The van der Waals surface area contributed by atoms with Gasteiger partial charge in [-0.15, -0.1) is 12.4 Å². The number of likely N-dealkylation sites (N-methyl/N-ethyl adjacent to an activating group) is 1. The molecule has 186 valence electrons. The number of hydrogen-bond acceptors (Lipinski definition) is 6. The van der Waals surface area contributed by atoms with E-state index in [0.29, 0.717) is 11.7 Å². The minimum absolute atomic E-state index is 0. The Bertz CT molecular complexity index is 1200. The van der Waals surface area contributed by atoms with E-state index in [1.807, 2.05) is 25.1 Å². The van der Waals surface area contributed by atoms with E-state index in [0.717, 1.165) is 41.0 Å². The van der Waals surface area contributed by atoms with Crippen LogP contribution < -0.4 is 4.90 Å². The second-order valence-corrected chi connectivity index (χ2v) is 11.9. The molecule has 0 bridgehead atoms. The van der Waals surface area contributed by atoms with E-state index in [2.05, 4.69) is 18.7 Å². The lowest BCUT2D eigenvalue weighted by Crippen LogP contribution is -2.39. The average molecular weight is 524 g/mol. The van der Waals surface area contributed by atoms with Crippen molar-refractivity contribution in [3.8, 4) is 0 Å². The number of rotatable bonds is 10. The third-order valence-electron chi connectivity index (χ3n) is 5.90. The fourth-order valence-corrected chi connectivity index (χ4v) is 5.78. The summed E-state index contributed by atoms with van der Waals surface area (Å²) in [5.74, 6) is -0.0432. The van der Waals surface area contributed by atoms with Crippen LogP contribution in [0.4, 0.5) is 5.13 Å². The van der Waals surface area contributed by atoms with Gasteiger partial charge in [0, 0.05) is 13.1 Å². The summed E-state index contributed by atoms with van der Waals surface area (Å²) in [6.45, 7) is 12.7. The number of carbonyl (C=O) groups excluding carboxylic acids is 1. The standard InChI is InChI=1S/C25H33N3O3S2.ClH/c1-6-27(7-2)15-16-28(25-26-24-19(5)9-8-10-22(24)32-25)23(29)17-20-11-13-21(14-12-20)33(30,31)18(3)4;/h8-14,18H,6-7,15-17H2,1-5H3;1H. The van der Waals surface area contributed by atoms with Gasteiger partial charge in [-0.25, -0.2) is 13.4 Å². The van der Waals surface area contributed by atoms with E-state index in [1.54, 1.807) is 43.0 Å². The average Bonchev–Trinajstić information content (AvgIpc) is 3.22. The molecule has 0 aliphatic heterocycles. The van der Waals surface area contributed by atoms with E-state index < -0.39 is 15.1 Å². The molecule has 0 radical (unpaired) electrons. The Hall–Kier alpha value is -2.00. The summed E-state index contributed by atoms with van der Waals surface area (Å²) in [6, 6.07) is 12.7. The van der Waals surface area contributed by atoms with Crippen LogP contribution in [0, 0.1) is 6.92 Å². The number of sulfone groups is 1. The molecule has 34 heavy (non-hydrogen) atoms. The third-order valence-corrected chi connectivity index (χ3v) is 9.12. The molecular formula is C25H34ClN3O3S2. The largest absolute Gasteiger partial charge is 0.302 e. The van der Waals surface area contributed by atoms with E-state index in [1.165, 1.54) is 11.3 Å². The van der Waals surface area contributed by atoms with Gasteiger partial charge in [0.15, 0.2) is 15.0 Å². The topological polar surface area (TPSA) is 70.6 Å². The lowest BCUT2D eigenvalue weighted by molar-refractivity contribution is -0.118. The van der Waals surface area contributed by atoms with Gasteiger partial charge in [-0.05, 0) is 63.2 Å². The predicted molar refractivity (Wildman–Crippen MR) is 144 cm³/mol. The van der Waals surface area contributed by atoms with Gasteiger partial charge in [0.2, 0.25) is 5.91 Å². The minimum atomic E-state index is -3.33. The Kier molecular flexibility index (Phi) is 10.1. The SMILES string of the molecule is CCN(CC)CCN(C(=O)Cc1ccc(S(=O)(=O)C(C)C)cc1)c1nc2c(C)cccc2s1.Cl. The molecule has 0 saturated carbocycles. The number of fused-ring (bicyclic) bond motifs is 1. The number of benzene rings is 2. The quantitative estimate of drug-likeness (QED) is 0.368. The maximum absolute atomic E-state index is 13.4. The monoisotopic (exact) mass is 523 g/mol. The number of nitrogens with zero attached hydrogens (tertiary/aromatic N) is 3. The van der Waals surface area contributed by atoms with Gasteiger partial charge >= 0.3 is 0 Å². The van der Waals surface area contributed by atoms with E-state index in [4.69, 9.17) is 4.98 Å². The minimum Gasteiger partial charge on any atom is -0.302 e. The van der Waals surface area contributed by atoms with E-state index in [9.17, 15) is 13.2 Å². The summed E-state index contributed by atoms with van der Waals surface area (Å²) in [5.41, 5.74) is 2.81. The lowest BCUT2D eigenvalue weighted by atomic mass is 10.1. The summed E-state index contributed by atoms with van der Waals surface area (Å²) >= 11 is 1.53. The highest BCUT2D eigenvalue weighted by Gasteiger charge is 2.22. The predicted octanol–water partition coefficient (Wildman–Crippen LogP) is 5.13. The molecule has 6 nitrogen and oxygen atoms in total. The molecule has 2 aromatic carbocycles. The van der Waals surface area contributed by atoms with Crippen LogP contribution in [0.2, 0.25) is 0 Å². The molecular weight excluding hydrogens is 490 g/mol. The Morgan fingerprint density at radius 2 is 1.68 bits per heavy atom. The Labute approximate surface area is 213 Å². The summed E-state index contributed by atoms with van der Waals surface area (Å²) in [5, 5.41) is 0.221. The van der Waals surface area contributed by atoms with Crippen molar-refractivity contribution in [2.75, 3.05) is 31.1 Å². The van der Waals surface area contributed by atoms with Crippen LogP contribution in [0.5, 0.6) is 0 Å². The molecule has 3 aromatic rings. The molecule has 1 heterocycles. The molecule has 0 N–H and O–H groups in total. The maximum atomic E-state index is 13.4. The Morgan fingerprint density at radius 3 is 2.24 bits per heavy atom. The maximum Gasteiger partial charge on any atom is 0.233 e. The molecule has 1 aromatic heterocycles. The summed E-state index contributed by atoms with van der Waals surface area (Å²) in [7, 11) is -3.33. The molecule has 1 amide bonds. The molecule has 3 rings (SSSR count). The fraction of sp³-hybridized carbons (Fsp3) is 0.440. The summed E-state index contributed by atoms with van der Waals surface area (Å²) in [4.78, 5) is 22.6. The van der Waals surface area contributed by atoms with Crippen LogP contribution in [0.3, 0.4) is 0 Å². The zero-order valence-corrected chi connectivity index (χ0v) is 22.9. The number of hydrogen-bond donors (Lipinski definition) is 0. The molecule has 0 fully saturated rings. The molecule has 0 aliphatic rings. The van der Waals surface area contributed by atoms with Crippen molar-refractivity contribution in [2.45, 2.75) is 51.2 Å². The van der Waals surface area contributed by atoms with Crippen LogP contribution in [0.15, 0.2) is 47.4 Å². The number of aryl methyl sites for hydroxylation is 1. The van der Waals surface area contributed by atoms with Crippen molar-refractivity contribution in [3.63, 3.8) is 0 Å². The van der Waals surface area contributed by atoms with Gasteiger partial charge in [0.05, 0.1) is 26.8 Å². The van der Waals surface area contributed by atoms with Gasteiger partial charge in [0.1, 0.15) is 0 Å². The van der Waals surface area contributed by atoms with Crippen LogP contribution in [0.25, 0.3) is 10.2 Å². The van der Waals surface area contributed by atoms with Crippen molar-refractivity contribution < 1.29 is 13.2 Å². The first kappa shape index (κ1) is 28.2. The van der Waals surface area contributed by atoms with Crippen molar-refractivity contribution in [1.82, 2.24) is 9.88 Å². The normalized spacial score (nSPS) is 11.7. The summed E-state index contributed by atoms with van der Waals surface area (Å²) in [6.07, 6.45) is 0.190. The van der Waals surface area contributed by atoms with Crippen LogP contribution in [0.1, 0.15) is 38.8 Å². The van der Waals surface area contributed by atoms with Crippen LogP contribution in [-0.2, 0) is 21.1 Å². The summed E-state index contributed by atoms with van der Waals surface area (Å²) < 4.78 is 25.8. The number of carbonyl (C=O) groups is 1. The van der Waals surface area contributed by atoms with Gasteiger partial charge in [0.25, 0.3) is 0 Å². The zero-order valence-electron chi connectivity index (χ0n) is 20.4. The number of thiazole rings is 1. The van der Waals surface area contributed by atoms with Crippen molar-refractivity contribution in [1.29, 1.82) is 0 Å². The van der Waals surface area contributed by atoms with Crippen LogP contribution in [-0.4, -0.2) is 55.6 Å². The first-order valence-electron chi connectivity index (χ1n) is 11.4. The van der Waals surface area contributed by atoms with Gasteiger partial charge < -0.3 is 4.90 Å². The molecule has 0 spiro atoms. The van der Waals surface area contributed by atoms with Crippen molar-refractivity contribution >= 4 is 54.8 Å². The second-order valence-electron chi connectivity index (χ2n) is 8.40. The molecule has 0 aliphatic carbocycles. The van der Waals surface area contributed by atoms with E-state index in [-0.39, 0.29) is 29.6 Å². The zero-order chi connectivity index (χ0) is 24.2. The molecule has 0 atom stereocenters. The highest BCUT2D eigenvalue weighted by atomic mass is 35.5. The van der Waals surface area contributed by atoms with Gasteiger partial charge in [-0.2, -0.15) is 0 Å². The smallest absolute Gasteiger partial charge is 0.233 e. The van der Waals surface area contributed by atoms with Gasteiger partial charge in [-0.1, -0.05) is 49.4 Å². The number of halogens is 1. The number of anilines is 1. The fourth-order valence-electron chi connectivity index (χ4n) is 3.64. The first-order valence-corrected chi connectivity index (χ1v) is 13.7. The molecule has 0 saturated heterocycles. The lowest BCUT2D eigenvalue weighted by Gasteiger charge is -2.24. The van der Waals surface area contributed by atoms with Crippen molar-refractivity contribution in [2.24, 2.45) is 0 Å². The highest BCUT2D eigenvalue weighted by Crippen LogP contribution is 2.31. The van der Waals surface area contributed by atoms with Crippen LogP contribution >= 0.6 is 23.7 Å². The van der Waals surface area contributed by atoms with Crippen molar-refractivity contribution in [3.05, 3.63) is 53.6 Å². The first-order chi connectivity index (χ1) is 15.7. The number of amides is 1. The molecule has 0 unspecified atom stereocenters. The Morgan fingerprint density at radius 1 is 1.03 bits per heavy atom. The Balaban J connectivity index is 0.00000408. The number of aromatic nitrogens is 1. The second kappa shape index (κ2) is 12.1. The third kappa shape index (κ3) is 6.36. The molecule has 9 heteroatoms. The van der Waals surface area contributed by atoms with Gasteiger partial charge in [-0.3, -0.25) is 9.69 Å². The van der Waals surface area contributed by atoms with E-state index >= 15 is 0 Å². The highest BCUT2D eigenvalue weighted by molar-refractivity contribution is 7.92.